The van der Waals surface area contributed by atoms with E-state index in [9.17, 15) is 13.2 Å². The summed E-state index contributed by atoms with van der Waals surface area (Å²) in [7, 11) is -3.87. The van der Waals surface area contributed by atoms with Gasteiger partial charge >= 0.3 is 5.97 Å². The number of rotatable bonds is 5. The molecule has 0 atom stereocenters. The number of nitrogens with zero attached hydrogens (tertiary/aromatic N) is 1. The maximum atomic E-state index is 12.7. The van der Waals surface area contributed by atoms with Gasteiger partial charge in [-0.2, -0.15) is 0 Å². The molecule has 1 aromatic carbocycles. The number of aliphatic carboxylic acids is 1. The summed E-state index contributed by atoms with van der Waals surface area (Å²) >= 11 is 1.07. The molecule has 0 radical (unpaired) electrons. The molecule has 0 saturated heterocycles. The van der Waals surface area contributed by atoms with Crippen molar-refractivity contribution in [2.45, 2.75) is 18.1 Å². The predicted molar refractivity (Wildman–Crippen MR) is 82.4 cm³/mol. The SMILES string of the molecule is Cc1ccc(C)c(N(CC(=O)O)S(=O)(=O)c2cccs2)c1. The lowest BCUT2D eigenvalue weighted by atomic mass is 10.1. The third-order valence-corrected chi connectivity index (χ3v) is 6.08. The molecule has 5 nitrogen and oxygen atoms in total. The molecule has 1 aromatic heterocycles. The monoisotopic (exact) mass is 325 g/mol. The fraction of sp³-hybridized carbons (Fsp3) is 0.214. The zero-order chi connectivity index (χ0) is 15.6. The van der Waals surface area contributed by atoms with Gasteiger partial charge < -0.3 is 5.11 Å². The minimum Gasteiger partial charge on any atom is -0.480 e. The molecule has 0 aliphatic carbocycles. The van der Waals surface area contributed by atoms with Crippen LogP contribution in [0.5, 0.6) is 0 Å². The Labute approximate surface area is 127 Å². The van der Waals surface area contributed by atoms with Crippen LogP contribution in [0, 0.1) is 13.8 Å². The summed E-state index contributed by atoms with van der Waals surface area (Å²) < 4.78 is 26.4. The summed E-state index contributed by atoms with van der Waals surface area (Å²) in [5, 5.41) is 10.7. The van der Waals surface area contributed by atoms with Crippen LogP contribution in [-0.2, 0) is 14.8 Å². The van der Waals surface area contributed by atoms with Crippen molar-refractivity contribution in [2.24, 2.45) is 0 Å². The van der Waals surface area contributed by atoms with Gasteiger partial charge in [0.15, 0.2) is 0 Å². The van der Waals surface area contributed by atoms with E-state index in [4.69, 9.17) is 5.11 Å². The van der Waals surface area contributed by atoms with Gasteiger partial charge in [-0.15, -0.1) is 11.3 Å². The molecule has 112 valence electrons. The first-order valence-electron chi connectivity index (χ1n) is 6.17. The van der Waals surface area contributed by atoms with Crippen molar-refractivity contribution >= 4 is 33.0 Å². The number of hydrogen-bond acceptors (Lipinski definition) is 4. The highest BCUT2D eigenvalue weighted by Gasteiger charge is 2.28. The first-order valence-corrected chi connectivity index (χ1v) is 8.49. The standard InChI is InChI=1S/C14H15NO4S2/c1-10-5-6-11(2)12(8-10)15(9-13(16)17)21(18,19)14-4-3-7-20-14/h3-8H,9H2,1-2H3,(H,16,17). The number of carboxylic acids is 1. The lowest BCUT2D eigenvalue weighted by Gasteiger charge is -2.24. The Balaban J connectivity index is 2.59. The van der Waals surface area contributed by atoms with Gasteiger partial charge in [0, 0.05) is 0 Å². The van der Waals surface area contributed by atoms with E-state index in [0.717, 1.165) is 21.2 Å². The molecule has 0 amide bonds. The van der Waals surface area contributed by atoms with Crippen LogP contribution in [0.15, 0.2) is 39.9 Å². The number of aryl methyl sites for hydroxylation is 2. The van der Waals surface area contributed by atoms with Crippen molar-refractivity contribution in [3.05, 3.63) is 46.8 Å². The van der Waals surface area contributed by atoms with Gasteiger partial charge in [-0.1, -0.05) is 18.2 Å². The molecule has 1 heterocycles. The normalized spacial score (nSPS) is 11.3. The average molecular weight is 325 g/mol. The van der Waals surface area contributed by atoms with E-state index in [0.29, 0.717) is 11.3 Å². The molecule has 0 unspecified atom stereocenters. The molecule has 2 rings (SSSR count). The van der Waals surface area contributed by atoms with Gasteiger partial charge in [-0.05, 0) is 42.5 Å². The van der Waals surface area contributed by atoms with Crippen molar-refractivity contribution < 1.29 is 18.3 Å². The summed E-state index contributed by atoms with van der Waals surface area (Å²) in [6, 6.07) is 8.42. The minimum atomic E-state index is -3.87. The summed E-state index contributed by atoms with van der Waals surface area (Å²) in [6.07, 6.45) is 0. The molecule has 0 spiro atoms. The Kier molecular flexibility index (Phi) is 4.34. The number of thiophene rings is 1. The largest absolute Gasteiger partial charge is 0.480 e. The number of sulfonamides is 1. The van der Waals surface area contributed by atoms with Crippen LogP contribution in [0.25, 0.3) is 0 Å². The molecule has 2 aromatic rings. The second kappa shape index (κ2) is 5.87. The summed E-state index contributed by atoms with van der Waals surface area (Å²) in [4.78, 5) is 11.1. The Morgan fingerprint density at radius 2 is 2.00 bits per heavy atom. The topological polar surface area (TPSA) is 74.7 Å². The highest BCUT2D eigenvalue weighted by Crippen LogP contribution is 2.29. The van der Waals surface area contributed by atoms with Gasteiger partial charge in [0.25, 0.3) is 10.0 Å². The van der Waals surface area contributed by atoms with Crippen LogP contribution in [-0.4, -0.2) is 26.0 Å². The van der Waals surface area contributed by atoms with Gasteiger partial charge in [-0.25, -0.2) is 8.42 Å². The van der Waals surface area contributed by atoms with Gasteiger partial charge in [0.05, 0.1) is 5.69 Å². The van der Waals surface area contributed by atoms with E-state index < -0.39 is 22.5 Å². The molecule has 21 heavy (non-hydrogen) atoms. The van der Waals surface area contributed by atoms with Crippen LogP contribution in [0.1, 0.15) is 11.1 Å². The fourth-order valence-electron chi connectivity index (χ4n) is 1.93. The molecule has 0 aliphatic heterocycles. The number of carbonyl (C=O) groups is 1. The Morgan fingerprint density at radius 3 is 2.57 bits per heavy atom. The highest BCUT2D eigenvalue weighted by atomic mass is 32.2. The van der Waals surface area contributed by atoms with E-state index in [1.807, 2.05) is 13.0 Å². The summed E-state index contributed by atoms with van der Waals surface area (Å²) in [5.74, 6) is -1.20. The van der Waals surface area contributed by atoms with E-state index in [-0.39, 0.29) is 4.21 Å². The third-order valence-electron chi connectivity index (χ3n) is 2.95. The molecule has 1 N–H and O–H groups in total. The maximum absolute atomic E-state index is 12.7. The lowest BCUT2D eigenvalue weighted by molar-refractivity contribution is -0.135. The first kappa shape index (κ1) is 15.5. The van der Waals surface area contributed by atoms with Gasteiger partial charge in [-0.3, -0.25) is 9.10 Å². The van der Waals surface area contributed by atoms with Crippen LogP contribution >= 0.6 is 11.3 Å². The van der Waals surface area contributed by atoms with E-state index in [1.165, 1.54) is 6.07 Å². The van der Waals surface area contributed by atoms with Crippen molar-refractivity contribution in [1.82, 2.24) is 0 Å². The predicted octanol–water partition coefficient (Wildman–Crippen LogP) is 2.64. The maximum Gasteiger partial charge on any atom is 0.324 e. The summed E-state index contributed by atoms with van der Waals surface area (Å²) in [6.45, 7) is 2.98. The minimum absolute atomic E-state index is 0.129. The Bertz CT molecular complexity index is 751. The molecule has 0 saturated carbocycles. The first-order chi connectivity index (χ1) is 9.82. The second-order valence-electron chi connectivity index (χ2n) is 4.63. The van der Waals surface area contributed by atoms with Gasteiger partial charge in [0.1, 0.15) is 10.8 Å². The molecular weight excluding hydrogens is 310 g/mol. The second-order valence-corrected chi connectivity index (χ2v) is 7.66. The molecule has 0 bridgehead atoms. The quantitative estimate of drug-likeness (QED) is 0.917. The molecule has 0 aliphatic rings. The number of benzene rings is 1. The van der Waals surface area contributed by atoms with E-state index in [1.54, 1.807) is 30.5 Å². The average Bonchev–Trinajstić information content (AvgIpc) is 2.93. The van der Waals surface area contributed by atoms with Crippen LogP contribution < -0.4 is 4.31 Å². The highest BCUT2D eigenvalue weighted by molar-refractivity contribution is 7.94. The molecule has 0 fully saturated rings. The zero-order valence-electron chi connectivity index (χ0n) is 11.6. The lowest BCUT2D eigenvalue weighted by Crippen LogP contribution is -2.35. The Morgan fingerprint density at radius 1 is 1.29 bits per heavy atom. The number of hydrogen-bond donors (Lipinski definition) is 1. The van der Waals surface area contributed by atoms with Crippen molar-refractivity contribution in [3.8, 4) is 0 Å². The smallest absolute Gasteiger partial charge is 0.324 e. The van der Waals surface area contributed by atoms with Crippen LogP contribution in [0.2, 0.25) is 0 Å². The van der Waals surface area contributed by atoms with Crippen LogP contribution in [0.4, 0.5) is 5.69 Å². The number of anilines is 1. The van der Waals surface area contributed by atoms with E-state index in [2.05, 4.69) is 0 Å². The zero-order valence-corrected chi connectivity index (χ0v) is 13.2. The Hall–Kier alpha value is -1.86. The fourth-order valence-corrected chi connectivity index (χ4v) is 4.50. The van der Waals surface area contributed by atoms with Gasteiger partial charge in [0.2, 0.25) is 0 Å². The molecule has 7 heteroatoms. The summed E-state index contributed by atoms with van der Waals surface area (Å²) in [5.41, 5.74) is 1.97. The number of carboxylic acid groups (broad SMARTS) is 1. The molecular formula is C14H15NO4S2. The van der Waals surface area contributed by atoms with Crippen molar-refractivity contribution in [1.29, 1.82) is 0 Å². The van der Waals surface area contributed by atoms with Crippen molar-refractivity contribution in [2.75, 3.05) is 10.8 Å². The third kappa shape index (κ3) is 3.25. The van der Waals surface area contributed by atoms with Crippen LogP contribution in [0.3, 0.4) is 0 Å². The van der Waals surface area contributed by atoms with Crippen molar-refractivity contribution in [3.63, 3.8) is 0 Å². The van der Waals surface area contributed by atoms with E-state index >= 15 is 0 Å².